The van der Waals surface area contributed by atoms with Crippen LogP contribution in [0.25, 0.3) is 0 Å². The van der Waals surface area contributed by atoms with E-state index in [0.29, 0.717) is 34.1 Å². The summed E-state index contributed by atoms with van der Waals surface area (Å²) in [7, 11) is 1.58. The lowest BCUT2D eigenvalue weighted by molar-refractivity contribution is 0.0527. The van der Waals surface area contributed by atoms with Gasteiger partial charge in [0.1, 0.15) is 11.6 Å². The number of ether oxygens (including phenoxy) is 2. The van der Waals surface area contributed by atoms with Crippen molar-refractivity contribution in [1.82, 2.24) is 4.98 Å². The lowest BCUT2D eigenvalue weighted by Gasteiger charge is -2.12. The van der Waals surface area contributed by atoms with Crippen molar-refractivity contribution in [3.8, 4) is 5.75 Å². The van der Waals surface area contributed by atoms with Crippen LogP contribution in [0.2, 0.25) is 0 Å². The second kappa shape index (κ2) is 9.36. The lowest BCUT2D eigenvalue weighted by atomic mass is 10.1. The monoisotopic (exact) mass is 391 g/mol. The Morgan fingerprint density at radius 1 is 1.03 bits per heavy atom. The van der Waals surface area contributed by atoms with Crippen LogP contribution in [0.1, 0.15) is 27.6 Å². The van der Waals surface area contributed by atoms with Crippen molar-refractivity contribution in [2.45, 2.75) is 6.92 Å². The van der Waals surface area contributed by atoms with E-state index in [1.807, 2.05) is 0 Å². The maximum absolute atomic E-state index is 12.6. The number of amides is 1. The zero-order valence-electron chi connectivity index (χ0n) is 16.1. The molecule has 0 radical (unpaired) electrons. The molecule has 0 saturated heterocycles. The fraction of sp³-hybridized carbons (Fsp3) is 0.136. The van der Waals surface area contributed by atoms with Gasteiger partial charge in [-0.25, -0.2) is 9.78 Å². The largest absolute Gasteiger partial charge is 0.497 e. The number of hydrogen-bond acceptors (Lipinski definition) is 6. The molecule has 148 valence electrons. The Morgan fingerprint density at radius 3 is 2.52 bits per heavy atom. The van der Waals surface area contributed by atoms with Crippen molar-refractivity contribution in [3.63, 3.8) is 0 Å². The number of nitrogens with zero attached hydrogens (tertiary/aromatic N) is 1. The third-order valence-corrected chi connectivity index (χ3v) is 4.06. The number of benzene rings is 2. The average Bonchev–Trinajstić information content (AvgIpc) is 2.75. The van der Waals surface area contributed by atoms with Gasteiger partial charge in [0.15, 0.2) is 0 Å². The summed E-state index contributed by atoms with van der Waals surface area (Å²) in [6, 6.07) is 17.2. The van der Waals surface area contributed by atoms with E-state index in [2.05, 4.69) is 15.6 Å². The minimum atomic E-state index is -0.427. The Kier molecular flexibility index (Phi) is 6.42. The van der Waals surface area contributed by atoms with Crippen LogP contribution in [0.3, 0.4) is 0 Å². The number of esters is 1. The van der Waals surface area contributed by atoms with Crippen LogP contribution >= 0.6 is 0 Å². The van der Waals surface area contributed by atoms with Crippen LogP contribution in [-0.2, 0) is 4.74 Å². The van der Waals surface area contributed by atoms with Crippen molar-refractivity contribution >= 4 is 29.1 Å². The molecule has 0 aliphatic heterocycles. The summed E-state index contributed by atoms with van der Waals surface area (Å²) < 4.78 is 10.2. The number of para-hydroxylation sites is 1. The van der Waals surface area contributed by atoms with Gasteiger partial charge in [0, 0.05) is 17.4 Å². The summed E-state index contributed by atoms with van der Waals surface area (Å²) in [5, 5.41) is 5.90. The molecule has 7 nitrogen and oxygen atoms in total. The van der Waals surface area contributed by atoms with Crippen molar-refractivity contribution in [1.29, 1.82) is 0 Å². The fourth-order valence-corrected chi connectivity index (χ4v) is 2.63. The first-order valence-corrected chi connectivity index (χ1v) is 9.05. The minimum Gasteiger partial charge on any atom is -0.497 e. The zero-order chi connectivity index (χ0) is 20.6. The average molecular weight is 391 g/mol. The number of nitrogens with one attached hydrogen (secondary N) is 2. The topological polar surface area (TPSA) is 89.5 Å². The molecule has 0 unspecified atom stereocenters. The summed E-state index contributed by atoms with van der Waals surface area (Å²) in [6.45, 7) is 2.03. The van der Waals surface area contributed by atoms with Crippen molar-refractivity contribution in [2.24, 2.45) is 0 Å². The van der Waals surface area contributed by atoms with Crippen molar-refractivity contribution in [2.75, 3.05) is 24.4 Å². The molecule has 7 heteroatoms. The van der Waals surface area contributed by atoms with Gasteiger partial charge in [-0.1, -0.05) is 12.1 Å². The molecule has 0 bridgehead atoms. The van der Waals surface area contributed by atoms with Gasteiger partial charge < -0.3 is 20.1 Å². The van der Waals surface area contributed by atoms with Crippen LogP contribution in [0.4, 0.5) is 17.2 Å². The molecule has 0 aliphatic rings. The minimum absolute atomic E-state index is 0.278. The van der Waals surface area contributed by atoms with Gasteiger partial charge in [0.25, 0.3) is 5.91 Å². The Balaban J connectivity index is 1.76. The van der Waals surface area contributed by atoms with E-state index in [1.54, 1.807) is 74.7 Å². The van der Waals surface area contributed by atoms with Crippen LogP contribution < -0.4 is 15.4 Å². The molecule has 0 aliphatic carbocycles. The number of pyridine rings is 1. The maximum Gasteiger partial charge on any atom is 0.340 e. The summed E-state index contributed by atoms with van der Waals surface area (Å²) in [5.41, 5.74) is 2.01. The maximum atomic E-state index is 12.6. The van der Waals surface area contributed by atoms with E-state index in [4.69, 9.17) is 9.47 Å². The van der Waals surface area contributed by atoms with E-state index in [1.165, 1.54) is 6.20 Å². The highest BCUT2D eigenvalue weighted by Gasteiger charge is 2.13. The molecule has 1 amide bonds. The third-order valence-electron chi connectivity index (χ3n) is 4.06. The predicted molar refractivity (Wildman–Crippen MR) is 111 cm³/mol. The van der Waals surface area contributed by atoms with Gasteiger partial charge in [-0.3, -0.25) is 4.79 Å². The van der Waals surface area contributed by atoms with Crippen molar-refractivity contribution in [3.05, 3.63) is 78.0 Å². The number of anilines is 3. The molecule has 0 spiro atoms. The lowest BCUT2D eigenvalue weighted by Crippen LogP contribution is -2.13. The van der Waals surface area contributed by atoms with Gasteiger partial charge in [-0.2, -0.15) is 0 Å². The fourth-order valence-electron chi connectivity index (χ4n) is 2.63. The SMILES string of the molecule is CCOC(=O)c1ccccc1Nc1cc(C(=O)Nc2ccc(OC)cc2)ccn1. The number of methoxy groups -OCH3 is 1. The van der Waals surface area contributed by atoms with E-state index in [0.717, 1.165) is 0 Å². The Bertz CT molecular complexity index is 1000. The van der Waals surface area contributed by atoms with Gasteiger partial charge in [0.2, 0.25) is 0 Å². The number of rotatable bonds is 7. The molecule has 0 fully saturated rings. The van der Waals surface area contributed by atoms with E-state index in [-0.39, 0.29) is 12.5 Å². The highest BCUT2D eigenvalue weighted by Crippen LogP contribution is 2.22. The Labute approximate surface area is 168 Å². The van der Waals surface area contributed by atoms with Crippen LogP contribution in [0, 0.1) is 0 Å². The quantitative estimate of drug-likeness (QED) is 0.585. The normalized spacial score (nSPS) is 10.1. The molecule has 3 rings (SSSR count). The molecule has 1 aromatic heterocycles. The van der Waals surface area contributed by atoms with E-state index >= 15 is 0 Å². The molecule has 0 saturated carbocycles. The first-order valence-electron chi connectivity index (χ1n) is 9.05. The van der Waals surface area contributed by atoms with Crippen LogP contribution in [0.15, 0.2) is 66.9 Å². The van der Waals surface area contributed by atoms with Crippen molar-refractivity contribution < 1.29 is 19.1 Å². The predicted octanol–water partition coefficient (Wildman–Crippen LogP) is 4.26. The summed E-state index contributed by atoms with van der Waals surface area (Å²) in [4.78, 5) is 28.9. The third kappa shape index (κ3) is 5.10. The van der Waals surface area contributed by atoms with Gasteiger partial charge >= 0.3 is 5.97 Å². The molecule has 0 atom stereocenters. The number of carbonyl (C=O) groups is 2. The smallest absolute Gasteiger partial charge is 0.340 e. The van der Waals surface area contributed by atoms with E-state index in [9.17, 15) is 9.59 Å². The summed E-state index contributed by atoms with van der Waals surface area (Å²) >= 11 is 0. The summed E-state index contributed by atoms with van der Waals surface area (Å²) in [5.74, 6) is 0.436. The highest BCUT2D eigenvalue weighted by molar-refractivity contribution is 6.04. The summed E-state index contributed by atoms with van der Waals surface area (Å²) in [6.07, 6.45) is 1.53. The first kappa shape index (κ1) is 19.9. The van der Waals surface area contributed by atoms with Gasteiger partial charge in [-0.05, 0) is 55.5 Å². The number of aromatic nitrogens is 1. The molecule has 1 heterocycles. The van der Waals surface area contributed by atoms with Crippen LogP contribution in [-0.4, -0.2) is 30.6 Å². The molecular formula is C22H21N3O4. The molecule has 3 aromatic rings. The standard InChI is InChI=1S/C22H21N3O4/c1-3-29-22(27)18-6-4-5-7-19(18)25-20-14-15(12-13-23-20)21(26)24-16-8-10-17(28-2)11-9-16/h4-14H,3H2,1-2H3,(H,23,25)(H,24,26). The van der Waals surface area contributed by atoms with Gasteiger partial charge in [0.05, 0.1) is 25.0 Å². The second-order valence-electron chi connectivity index (χ2n) is 6.00. The highest BCUT2D eigenvalue weighted by atomic mass is 16.5. The molecule has 2 N–H and O–H groups in total. The molecular weight excluding hydrogens is 370 g/mol. The van der Waals surface area contributed by atoms with E-state index < -0.39 is 5.97 Å². The molecule has 2 aromatic carbocycles. The second-order valence-corrected chi connectivity index (χ2v) is 6.00. The molecule has 29 heavy (non-hydrogen) atoms. The zero-order valence-corrected chi connectivity index (χ0v) is 16.1. The first-order chi connectivity index (χ1) is 14.1. The number of hydrogen-bond donors (Lipinski definition) is 2. The number of carbonyl (C=O) groups excluding carboxylic acids is 2. The van der Waals surface area contributed by atoms with Gasteiger partial charge in [-0.15, -0.1) is 0 Å². The Hall–Kier alpha value is -3.87. The van der Waals surface area contributed by atoms with Crippen LogP contribution in [0.5, 0.6) is 5.75 Å². The Morgan fingerprint density at radius 2 is 1.79 bits per heavy atom.